The van der Waals surface area contributed by atoms with Crippen LogP contribution in [-0.2, 0) is 4.74 Å². The SMILES string of the molecule is CCOC(O)c1c[nH]c2ncnc(-c3cccc(-n4cccn4)c3)c12. The van der Waals surface area contributed by atoms with Crippen molar-refractivity contribution in [1.29, 1.82) is 0 Å². The number of aromatic amines is 1. The largest absolute Gasteiger partial charge is 0.364 e. The maximum atomic E-state index is 10.3. The molecule has 3 aromatic heterocycles. The van der Waals surface area contributed by atoms with Gasteiger partial charge in [-0.3, -0.25) is 0 Å². The van der Waals surface area contributed by atoms with Crippen molar-refractivity contribution in [3.8, 4) is 16.9 Å². The summed E-state index contributed by atoms with van der Waals surface area (Å²) in [5.41, 5.74) is 3.84. The monoisotopic (exact) mass is 335 g/mol. The van der Waals surface area contributed by atoms with E-state index in [1.54, 1.807) is 17.1 Å². The van der Waals surface area contributed by atoms with E-state index < -0.39 is 6.29 Å². The number of nitrogens with one attached hydrogen (secondary N) is 1. The molecule has 7 heteroatoms. The van der Waals surface area contributed by atoms with Crippen LogP contribution in [0, 0.1) is 0 Å². The minimum Gasteiger partial charge on any atom is -0.364 e. The number of aliphatic hydroxyl groups is 1. The fourth-order valence-electron chi connectivity index (χ4n) is 2.87. The third-order valence-corrected chi connectivity index (χ3v) is 3.98. The van der Waals surface area contributed by atoms with Gasteiger partial charge in [-0.1, -0.05) is 12.1 Å². The number of aliphatic hydroxyl groups excluding tert-OH is 1. The summed E-state index contributed by atoms with van der Waals surface area (Å²) in [5, 5.41) is 15.3. The van der Waals surface area contributed by atoms with Gasteiger partial charge >= 0.3 is 0 Å². The van der Waals surface area contributed by atoms with Gasteiger partial charge in [0, 0.05) is 36.3 Å². The van der Waals surface area contributed by atoms with Gasteiger partial charge in [-0.2, -0.15) is 5.10 Å². The Balaban J connectivity index is 1.87. The fourth-order valence-corrected chi connectivity index (χ4v) is 2.87. The van der Waals surface area contributed by atoms with E-state index in [-0.39, 0.29) is 0 Å². The second-order valence-electron chi connectivity index (χ2n) is 5.50. The van der Waals surface area contributed by atoms with E-state index in [4.69, 9.17) is 4.74 Å². The van der Waals surface area contributed by atoms with Crippen LogP contribution in [0.25, 0.3) is 28.0 Å². The van der Waals surface area contributed by atoms with Gasteiger partial charge in [0.05, 0.1) is 16.8 Å². The van der Waals surface area contributed by atoms with Crippen molar-refractivity contribution in [2.75, 3.05) is 6.61 Å². The summed E-state index contributed by atoms with van der Waals surface area (Å²) in [5.74, 6) is 0. The first-order valence-electron chi connectivity index (χ1n) is 8.00. The second-order valence-corrected chi connectivity index (χ2v) is 5.50. The summed E-state index contributed by atoms with van der Waals surface area (Å²) >= 11 is 0. The Morgan fingerprint density at radius 2 is 2.20 bits per heavy atom. The Morgan fingerprint density at radius 1 is 1.28 bits per heavy atom. The minimum absolute atomic E-state index is 0.408. The lowest BCUT2D eigenvalue weighted by Gasteiger charge is -2.11. The van der Waals surface area contributed by atoms with Crippen LogP contribution in [0.1, 0.15) is 18.8 Å². The van der Waals surface area contributed by atoms with Crippen LogP contribution < -0.4 is 0 Å². The molecule has 0 bridgehead atoms. The van der Waals surface area contributed by atoms with E-state index in [0.29, 0.717) is 17.8 Å². The molecule has 126 valence electrons. The molecule has 25 heavy (non-hydrogen) atoms. The third-order valence-electron chi connectivity index (χ3n) is 3.98. The van der Waals surface area contributed by atoms with Crippen LogP contribution in [-0.4, -0.2) is 36.4 Å². The quantitative estimate of drug-likeness (QED) is 0.548. The average Bonchev–Trinajstić information content (AvgIpc) is 3.31. The molecule has 0 aliphatic rings. The Hall–Kier alpha value is -3.03. The van der Waals surface area contributed by atoms with E-state index in [2.05, 4.69) is 20.1 Å². The molecule has 4 rings (SSSR count). The molecule has 0 fully saturated rings. The molecular weight excluding hydrogens is 318 g/mol. The van der Waals surface area contributed by atoms with Crippen LogP contribution in [0.5, 0.6) is 0 Å². The lowest BCUT2D eigenvalue weighted by Crippen LogP contribution is -2.03. The van der Waals surface area contributed by atoms with Crippen molar-refractivity contribution in [3.05, 3.63) is 60.8 Å². The summed E-state index contributed by atoms with van der Waals surface area (Å²) < 4.78 is 7.12. The predicted molar refractivity (Wildman–Crippen MR) is 93.0 cm³/mol. The van der Waals surface area contributed by atoms with Gasteiger partial charge in [0.1, 0.15) is 12.0 Å². The van der Waals surface area contributed by atoms with Gasteiger partial charge in [0.25, 0.3) is 0 Å². The van der Waals surface area contributed by atoms with Gasteiger partial charge in [-0.15, -0.1) is 0 Å². The number of fused-ring (bicyclic) bond motifs is 1. The molecule has 7 nitrogen and oxygen atoms in total. The molecule has 0 aliphatic heterocycles. The molecule has 2 N–H and O–H groups in total. The second kappa shape index (κ2) is 6.46. The van der Waals surface area contributed by atoms with Gasteiger partial charge in [-0.25, -0.2) is 14.6 Å². The van der Waals surface area contributed by atoms with Gasteiger partial charge < -0.3 is 14.8 Å². The lowest BCUT2D eigenvalue weighted by molar-refractivity contribution is -0.0969. The van der Waals surface area contributed by atoms with E-state index in [9.17, 15) is 5.11 Å². The molecular formula is C18H17N5O2. The lowest BCUT2D eigenvalue weighted by atomic mass is 10.1. The summed E-state index contributed by atoms with van der Waals surface area (Å²) in [6.07, 6.45) is 5.80. The fraction of sp³-hybridized carbons (Fsp3) is 0.167. The molecule has 0 saturated heterocycles. The third kappa shape index (κ3) is 2.79. The molecule has 1 aromatic carbocycles. The molecule has 3 heterocycles. The molecule has 4 aromatic rings. The summed E-state index contributed by atoms with van der Waals surface area (Å²) in [6, 6.07) is 9.77. The highest BCUT2D eigenvalue weighted by atomic mass is 16.6. The van der Waals surface area contributed by atoms with E-state index in [1.165, 1.54) is 6.33 Å². The summed E-state index contributed by atoms with van der Waals surface area (Å²) in [6.45, 7) is 2.24. The van der Waals surface area contributed by atoms with Gasteiger partial charge in [0.2, 0.25) is 0 Å². The highest BCUT2D eigenvalue weighted by Crippen LogP contribution is 2.32. The highest BCUT2D eigenvalue weighted by molar-refractivity contribution is 5.93. The number of rotatable bonds is 5. The first-order valence-corrected chi connectivity index (χ1v) is 8.00. The first kappa shape index (κ1) is 15.5. The zero-order chi connectivity index (χ0) is 17.2. The van der Waals surface area contributed by atoms with Crippen molar-refractivity contribution in [2.45, 2.75) is 13.2 Å². The number of nitrogens with zero attached hydrogens (tertiary/aromatic N) is 4. The van der Waals surface area contributed by atoms with Crippen molar-refractivity contribution in [2.24, 2.45) is 0 Å². The Kier molecular flexibility index (Phi) is 4.01. The number of aromatic nitrogens is 5. The topological polar surface area (TPSA) is 88.9 Å². The average molecular weight is 335 g/mol. The Morgan fingerprint density at radius 3 is 3.00 bits per heavy atom. The van der Waals surface area contributed by atoms with Crippen molar-refractivity contribution in [3.63, 3.8) is 0 Å². The molecule has 0 spiro atoms. The smallest absolute Gasteiger partial charge is 0.183 e. The van der Waals surface area contributed by atoms with Crippen molar-refractivity contribution >= 4 is 11.0 Å². The number of ether oxygens (including phenoxy) is 1. The molecule has 0 aliphatic carbocycles. The summed E-state index contributed by atoms with van der Waals surface area (Å²) in [7, 11) is 0. The van der Waals surface area contributed by atoms with Crippen LogP contribution in [0.4, 0.5) is 0 Å². The maximum Gasteiger partial charge on any atom is 0.183 e. The molecule has 0 radical (unpaired) electrons. The van der Waals surface area contributed by atoms with E-state index in [1.807, 2.05) is 43.5 Å². The standard InChI is InChI=1S/C18H17N5O2/c1-2-25-18(24)14-10-19-17-15(14)16(20-11-21-17)12-5-3-6-13(9-12)23-8-4-7-22-23/h3-11,18,24H,2H2,1H3,(H,19,20,21). The van der Waals surface area contributed by atoms with Crippen LogP contribution in [0.15, 0.2) is 55.2 Å². The van der Waals surface area contributed by atoms with Crippen LogP contribution >= 0.6 is 0 Å². The summed E-state index contributed by atoms with van der Waals surface area (Å²) in [4.78, 5) is 11.8. The zero-order valence-electron chi connectivity index (χ0n) is 13.6. The molecule has 1 unspecified atom stereocenters. The van der Waals surface area contributed by atoms with Crippen molar-refractivity contribution < 1.29 is 9.84 Å². The predicted octanol–water partition coefficient (Wildman–Crippen LogP) is 2.84. The Labute approximate surface area is 143 Å². The molecule has 0 saturated carbocycles. The van der Waals surface area contributed by atoms with E-state index >= 15 is 0 Å². The minimum atomic E-state index is -1.03. The molecule has 1 atom stereocenters. The number of hydrogen-bond donors (Lipinski definition) is 2. The van der Waals surface area contributed by atoms with Crippen LogP contribution in [0.2, 0.25) is 0 Å². The Bertz CT molecular complexity index is 994. The molecule has 0 amide bonds. The number of hydrogen-bond acceptors (Lipinski definition) is 5. The van der Waals surface area contributed by atoms with Crippen molar-refractivity contribution in [1.82, 2.24) is 24.7 Å². The number of benzene rings is 1. The van der Waals surface area contributed by atoms with Crippen LogP contribution in [0.3, 0.4) is 0 Å². The highest BCUT2D eigenvalue weighted by Gasteiger charge is 2.18. The maximum absolute atomic E-state index is 10.3. The normalized spacial score (nSPS) is 12.6. The van der Waals surface area contributed by atoms with E-state index in [0.717, 1.165) is 22.3 Å². The number of H-pyrrole nitrogens is 1. The first-order chi connectivity index (χ1) is 12.3. The van der Waals surface area contributed by atoms with Gasteiger partial charge in [-0.05, 0) is 25.1 Å². The van der Waals surface area contributed by atoms with Gasteiger partial charge in [0.15, 0.2) is 6.29 Å². The zero-order valence-corrected chi connectivity index (χ0v) is 13.6.